The molecule has 2 heterocycles. The number of carbonyl (C=O) groups excluding carboxylic acids is 1. The number of Topliss-reactive ketones (excluding diaryl/α,β-unsaturated/α-hetero) is 1. The van der Waals surface area contributed by atoms with Crippen molar-refractivity contribution >= 4 is 11.4 Å². The number of carbonyl (C=O) groups is 1. The predicted octanol–water partition coefficient (Wildman–Crippen LogP) is 2.62. The third-order valence-corrected chi connectivity index (χ3v) is 3.45. The maximum atomic E-state index is 12.7. The largest absolute Gasteiger partial charge is 0.462 e. The Balaban J connectivity index is 2.01. The van der Waals surface area contributed by atoms with Crippen LogP contribution in [-0.4, -0.2) is 17.8 Å². The lowest BCUT2D eigenvalue weighted by Crippen LogP contribution is -2.10. The van der Waals surface area contributed by atoms with E-state index < -0.39 is 6.10 Å². The Kier molecular flexibility index (Phi) is 3.44. The molecule has 1 aliphatic heterocycles. The molecule has 0 bridgehead atoms. The summed E-state index contributed by atoms with van der Waals surface area (Å²) < 4.78 is 5.79. The van der Waals surface area contributed by atoms with Crippen LogP contribution in [0.3, 0.4) is 0 Å². The number of nitrogens with one attached hydrogen (secondary N) is 1. The zero-order chi connectivity index (χ0) is 14.8. The number of hydrogen-bond acceptors (Lipinski definition) is 4. The normalized spacial score (nSPS) is 17.8. The van der Waals surface area contributed by atoms with Gasteiger partial charge in [-0.05, 0) is 24.6 Å². The highest BCUT2D eigenvalue weighted by Crippen LogP contribution is 2.36. The second-order valence-electron chi connectivity index (χ2n) is 4.95. The van der Waals surface area contributed by atoms with Crippen molar-refractivity contribution < 1.29 is 9.53 Å². The molecule has 3 rings (SSSR count). The molecule has 4 heteroatoms. The van der Waals surface area contributed by atoms with E-state index in [1.807, 2.05) is 49.4 Å². The standard InChI is InChI=1S/C17H16N2O2/c1-11-8-9-19-13(10-11)14-15(20)16(21-17(14)18-2)12-6-4-3-5-7-12/h3-10,16,18H,1-2H3/t16-/m1/s1. The molecule has 0 saturated carbocycles. The van der Waals surface area contributed by atoms with E-state index in [0.29, 0.717) is 17.2 Å². The van der Waals surface area contributed by atoms with E-state index in [0.717, 1.165) is 11.1 Å². The molecule has 0 aliphatic carbocycles. The SMILES string of the molecule is CNC1=C(c2cc(C)ccn2)C(=O)[C@@H](c2ccccc2)O1. The summed E-state index contributed by atoms with van der Waals surface area (Å²) in [6, 6.07) is 13.3. The Hall–Kier alpha value is -2.62. The summed E-state index contributed by atoms with van der Waals surface area (Å²) in [5.74, 6) is 0.413. The third-order valence-electron chi connectivity index (χ3n) is 3.45. The summed E-state index contributed by atoms with van der Waals surface area (Å²) in [6.07, 6.45) is 1.10. The van der Waals surface area contributed by atoms with Gasteiger partial charge >= 0.3 is 0 Å². The van der Waals surface area contributed by atoms with Crippen LogP contribution in [0.25, 0.3) is 5.57 Å². The molecule has 1 aliphatic rings. The fraction of sp³-hybridized carbons (Fsp3) is 0.176. The number of benzene rings is 1. The van der Waals surface area contributed by atoms with Crippen LogP contribution >= 0.6 is 0 Å². The van der Waals surface area contributed by atoms with Crippen molar-refractivity contribution in [2.24, 2.45) is 0 Å². The van der Waals surface area contributed by atoms with Gasteiger partial charge in [0.15, 0.2) is 6.10 Å². The smallest absolute Gasteiger partial charge is 0.215 e. The van der Waals surface area contributed by atoms with Gasteiger partial charge in [-0.25, -0.2) is 0 Å². The minimum absolute atomic E-state index is 0.0661. The van der Waals surface area contributed by atoms with Crippen molar-refractivity contribution in [2.75, 3.05) is 7.05 Å². The number of hydrogen-bond donors (Lipinski definition) is 1. The molecule has 0 radical (unpaired) electrons. The molecule has 21 heavy (non-hydrogen) atoms. The summed E-state index contributed by atoms with van der Waals surface area (Å²) in [7, 11) is 1.74. The summed E-state index contributed by atoms with van der Waals surface area (Å²) >= 11 is 0. The van der Waals surface area contributed by atoms with Gasteiger partial charge in [-0.3, -0.25) is 9.78 Å². The van der Waals surface area contributed by atoms with Gasteiger partial charge in [0.2, 0.25) is 11.7 Å². The Morgan fingerprint density at radius 3 is 2.62 bits per heavy atom. The summed E-state index contributed by atoms with van der Waals surface area (Å²) in [6.45, 7) is 1.97. The summed E-state index contributed by atoms with van der Waals surface area (Å²) in [4.78, 5) is 17.0. The van der Waals surface area contributed by atoms with E-state index in [1.54, 1.807) is 13.2 Å². The van der Waals surface area contributed by atoms with E-state index >= 15 is 0 Å². The third kappa shape index (κ3) is 2.40. The van der Waals surface area contributed by atoms with Crippen molar-refractivity contribution in [2.45, 2.75) is 13.0 Å². The molecule has 1 N–H and O–H groups in total. The topological polar surface area (TPSA) is 51.2 Å². The molecular weight excluding hydrogens is 264 g/mol. The quantitative estimate of drug-likeness (QED) is 0.939. The lowest BCUT2D eigenvalue weighted by atomic mass is 9.99. The minimum Gasteiger partial charge on any atom is -0.462 e. The van der Waals surface area contributed by atoms with Crippen LogP contribution in [0.4, 0.5) is 0 Å². The number of aryl methyl sites for hydroxylation is 1. The van der Waals surface area contributed by atoms with Crippen molar-refractivity contribution in [1.29, 1.82) is 0 Å². The van der Waals surface area contributed by atoms with Crippen LogP contribution in [0.2, 0.25) is 0 Å². The van der Waals surface area contributed by atoms with Crippen LogP contribution < -0.4 is 5.32 Å². The first kappa shape index (κ1) is 13.4. The molecule has 0 spiro atoms. The van der Waals surface area contributed by atoms with Gasteiger partial charge in [-0.2, -0.15) is 0 Å². The van der Waals surface area contributed by atoms with Crippen LogP contribution in [0.5, 0.6) is 0 Å². The number of aromatic nitrogens is 1. The minimum atomic E-state index is -0.606. The second kappa shape index (κ2) is 5.40. The maximum Gasteiger partial charge on any atom is 0.215 e. The average Bonchev–Trinajstić information content (AvgIpc) is 2.85. The number of ketones is 1. The van der Waals surface area contributed by atoms with Crippen molar-refractivity contribution in [3.05, 3.63) is 71.4 Å². The van der Waals surface area contributed by atoms with E-state index in [4.69, 9.17) is 4.74 Å². The Labute approximate surface area is 123 Å². The van der Waals surface area contributed by atoms with Gasteiger partial charge in [0.1, 0.15) is 5.57 Å². The van der Waals surface area contributed by atoms with Gasteiger partial charge in [-0.1, -0.05) is 30.3 Å². The van der Waals surface area contributed by atoms with Gasteiger partial charge in [-0.15, -0.1) is 0 Å². The number of rotatable bonds is 3. The molecule has 2 aromatic rings. The molecule has 0 unspecified atom stereocenters. The van der Waals surface area contributed by atoms with Crippen LogP contribution in [0, 0.1) is 6.92 Å². The summed E-state index contributed by atoms with van der Waals surface area (Å²) in [5, 5.41) is 2.96. The molecule has 0 amide bonds. The monoisotopic (exact) mass is 280 g/mol. The van der Waals surface area contributed by atoms with Crippen molar-refractivity contribution in [1.82, 2.24) is 10.3 Å². The van der Waals surface area contributed by atoms with Crippen molar-refractivity contribution in [3.63, 3.8) is 0 Å². The van der Waals surface area contributed by atoms with Crippen molar-refractivity contribution in [3.8, 4) is 0 Å². The first-order valence-electron chi connectivity index (χ1n) is 6.81. The summed E-state index contributed by atoms with van der Waals surface area (Å²) in [5.41, 5.74) is 3.05. The number of ether oxygens (including phenoxy) is 1. The van der Waals surface area contributed by atoms with Gasteiger partial charge in [0.25, 0.3) is 0 Å². The lowest BCUT2D eigenvalue weighted by Gasteiger charge is -2.11. The fourth-order valence-corrected chi connectivity index (χ4v) is 2.42. The fourth-order valence-electron chi connectivity index (χ4n) is 2.42. The number of nitrogens with zero attached hydrogens (tertiary/aromatic N) is 1. The lowest BCUT2D eigenvalue weighted by molar-refractivity contribution is -0.120. The van der Waals surface area contributed by atoms with E-state index in [2.05, 4.69) is 10.3 Å². The van der Waals surface area contributed by atoms with Crippen LogP contribution in [0.15, 0.2) is 54.5 Å². The molecule has 106 valence electrons. The molecule has 1 atom stereocenters. The molecule has 1 aromatic carbocycles. The Morgan fingerprint density at radius 1 is 1.19 bits per heavy atom. The average molecular weight is 280 g/mol. The molecule has 0 saturated heterocycles. The van der Waals surface area contributed by atoms with E-state index in [-0.39, 0.29) is 5.78 Å². The molecular formula is C17H16N2O2. The highest BCUT2D eigenvalue weighted by Gasteiger charge is 2.37. The van der Waals surface area contributed by atoms with E-state index in [9.17, 15) is 4.79 Å². The zero-order valence-electron chi connectivity index (χ0n) is 12.0. The predicted molar refractivity (Wildman–Crippen MR) is 80.2 cm³/mol. The van der Waals surface area contributed by atoms with Gasteiger partial charge < -0.3 is 10.1 Å². The van der Waals surface area contributed by atoms with Gasteiger partial charge in [0, 0.05) is 18.8 Å². The number of pyridine rings is 1. The zero-order valence-corrected chi connectivity index (χ0v) is 12.0. The highest BCUT2D eigenvalue weighted by atomic mass is 16.5. The second-order valence-corrected chi connectivity index (χ2v) is 4.95. The van der Waals surface area contributed by atoms with Gasteiger partial charge in [0.05, 0.1) is 5.69 Å². The first-order valence-corrected chi connectivity index (χ1v) is 6.81. The molecule has 4 nitrogen and oxygen atoms in total. The first-order chi connectivity index (χ1) is 10.2. The Bertz CT molecular complexity index is 708. The molecule has 1 aromatic heterocycles. The molecule has 0 fully saturated rings. The maximum absolute atomic E-state index is 12.7. The highest BCUT2D eigenvalue weighted by molar-refractivity contribution is 6.24. The van der Waals surface area contributed by atoms with Crippen LogP contribution in [-0.2, 0) is 9.53 Å². The van der Waals surface area contributed by atoms with Crippen LogP contribution in [0.1, 0.15) is 22.9 Å². The van der Waals surface area contributed by atoms with E-state index in [1.165, 1.54) is 0 Å². The Morgan fingerprint density at radius 2 is 1.95 bits per heavy atom.